The minimum Gasteiger partial charge on any atom is -0.394 e. The molecule has 0 aromatic carbocycles. The van der Waals surface area contributed by atoms with Gasteiger partial charge in [-0.3, -0.25) is 4.90 Å². The highest BCUT2D eigenvalue weighted by molar-refractivity contribution is 4.95. The number of nitrogens with one attached hydrogen (secondary N) is 2. The fourth-order valence-electron chi connectivity index (χ4n) is 2.61. The van der Waals surface area contributed by atoms with Crippen LogP contribution in [0.4, 0.5) is 0 Å². The second-order valence-electron chi connectivity index (χ2n) is 4.37. The maximum atomic E-state index is 9.60. The lowest BCUT2D eigenvalue weighted by Crippen LogP contribution is -2.61. The molecule has 14 heavy (non-hydrogen) atoms. The Morgan fingerprint density at radius 3 is 2.14 bits per heavy atom. The van der Waals surface area contributed by atoms with Crippen molar-refractivity contribution in [3.63, 3.8) is 0 Å². The van der Waals surface area contributed by atoms with Crippen molar-refractivity contribution < 1.29 is 5.11 Å². The monoisotopic (exact) mass is 199 g/mol. The van der Waals surface area contributed by atoms with Crippen LogP contribution in [0.2, 0.25) is 0 Å². The van der Waals surface area contributed by atoms with Crippen LogP contribution in [0.5, 0.6) is 0 Å². The van der Waals surface area contributed by atoms with Crippen LogP contribution in [0.1, 0.15) is 12.8 Å². The van der Waals surface area contributed by atoms with Crippen molar-refractivity contribution in [1.82, 2.24) is 15.5 Å². The molecule has 0 aliphatic carbocycles. The summed E-state index contributed by atoms with van der Waals surface area (Å²) < 4.78 is 0. The van der Waals surface area contributed by atoms with Gasteiger partial charge in [-0.15, -0.1) is 0 Å². The summed E-state index contributed by atoms with van der Waals surface area (Å²) in [5.41, 5.74) is 0.0767. The molecule has 0 bridgehead atoms. The molecule has 0 aromatic heterocycles. The lowest BCUT2D eigenvalue weighted by Gasteiger charge is -2.47. The van der Waals surface area contributed by atoms with E-state index in [4.69, 9.17) is 0 Å². The number of nitrogens with zero attached hydrogens (tertiary/aromatic N) is 1. The van der Waals surface area contributed by atoms with Gasteiger partial charge in [0.15, 0.2) is 0 Å². The predicted molar refractivity (Wildman–Crippen MR) is 56.4 cm³/mol. The van der Waals surface area contributed by atoms with E-state index < -0.39 is 0 Å². The molecule has 2 fully saturated rings. The summed E-state index contributed by atoms with van der Waals surface area (Å²) in [5, 5.41) is 16.3. The second-order valence-corrected chi connectivity index (χ2v) is 4.37. The van der Waals surface area contributed by atoms with Crippen molar-refractivity contribution in [3.8, 4) is 0 Å². The zero-order valence-electron chi connectivity index (χ0n) is 8.76. The maximum Gasteiger partial charge on any atom is 0.0616 e. The summed E-state index contributed by atoms with van der Waals surface area (Å²) in [6.07, 6.45) is 2.17. The highest BCUT2D eigenvalue weighted by Gasteiger charge is 2.37. The van der Waals surface area contributed by atoms with Crippen LogP contribution in [-0.2, 0) is 0 Å². The Balaban J connectivity index is 2.01. The summed E-state index contributed by atoms with van der Waals surface area (Å²) >= 11 is 0. The molecule has 2 rings (SSSR count). The molecular formula is C10H21N3O. The molecule has 82 valence electrons. The van der Waals surface area contributed by atoms with Crippen molar-refractivity contribution in [2.24, 2.45) is 0 Å². The Kier molecular flexibility index (Phi) is 3.38. The first kappa shape index (κ1) is 10.4. The van der Waals surface area contributed by atoms with Crippen LogP contribution in [0.3, 0.4) is 0 Å². The van der Waals surface area contributed by atoms with Gasteiger partial charge in [-0.2, -0.15) is 0 Å². The molecule has 0 aromatic rings. The van der Waals surface area contributed by atoms with Gasteiger partial charge in [0.2, 0.25) is 0 Å². The van der Waals surface area contributed by atoms with Gasteiger partial charge in [-0.25, -0.2) is 0 Å². The van der Waals surface area contributed by atoms with E-state index in [0.717, 1.165) is 52.1 Å². The van der Waals surface area contributed by atoms with Gasteiger partial charge < -0.3 is 15.7 Å². The summed E-state index contributed by atoms with van der Waals surface area (Å²) in [5.74, 6) is 0. The van der Waals surface area contributed by atoms with Gasteiger partial charge in [0.25, 0.3) is 0 Å². The van der Waals surface area contributed by atoms with Crippen molar-refractivity contribution in [1.29, 1.82) is 0 Å². The fraction of sp³-hybridized carbons (Fsp3) is 1.00. The number of hydrogen-bond acceptors (Lipinski definition) is 4. The van der Waals surface area contributed by atoms with Crippen molar-refractivity contribution >= 4 is 0 Å². The molecule has 0 amide bonds. The Morgan fingerprint density at radius 2 is 1.57 bits per heavy atom. The Morgan fingerprint density at radius 1 is 1.00 bits per heavy atom. The first-order valence-corrected chi connectivity index (χ1v) is 5.65. The first-order chi connectivity index (χ1) is 6.87. The van der Waals surface area contributed by atoms with E-state index in [1.54, 1.807) is 0 Å². The molecule has 0 saturated carbocycles. The largest absolute Gasteiger partial charge is 0.394 e. The van der Waals surface area contributed by atoms with E-state index in [0.29, 0.717) is 6.61 Å². The van der Waals surface area contributed by atoms with Crippen molar-refractivity contribution in [3.05, 3.63) is 0 Å². The summed E-state index contributed by atoms with van der Waals surface area (Å²) in [6, 6.07) is 0. The highest BCUT2D eigenvalue weighted by Crippen LogP contribution is 2.25. The van der Waals surface area contributed by atoms with Gasteiger partial charge in [-0.05, 0) is 25.9 Å². The quantitative estimate of drug-likeness (QED) is 0.534. The summed E-state index contributed by atoms with van der Waals surface area (Å²) in [7, 11) is 0. The fourth-order valence-corrected chi connectivity index (χ4v) is 2.61. The molecule has 3 N–H and O–H groups in total. The van der Waals surface area contributed by atoms with Crippen LogP contribution in [0.25, 0.3) is 0 Å². The van der Waals surface area contributed by atoms with Crippen molar-refractivity contribution in [2.75, 3.05) is 45.9 Å². The molecule has 0 radical (unpaired) electrons. The van der Waals surface area contributed by atoms with Gasteiger partial charge in [-0.1, -0.05) is 0 Å². The molecule has 4 nitrogen and oxygen atoms in total. The number of piperazine rings is 1. The summed E-state index contributed by atoms with van der Waals surface area (Å²) in [4.78, 5) is 2.48. The van der Waals surface area contributed by atoms with Crippen LogP contribution >= 0.6 is 0 Å². The van der Waals surface area contributed by atoms with E-state index in [1.807, 2.05) is 0 Å². The summed E-state index contributed by atoms with van der Waals surface area (Å²) in [6.45, 7) is 6.70. The van der Waals surface area contributed by atoms with E-state index >= 15 is 0 Å². The van der Waals surface area contributed by atoms with Gasteiger partial charge >= 0.3 is 0 Å². The number of aliphatic hydroxyl groups excluding tert-OH is 1. The maximum absolute atomic E-state index is 9.60. The van der Waals surface area contributed by atoms with Gasteiger partial charge in [0.1, 0.15) is 0 Å². The zero-order valence-corrected chi connectivity index (χ0v) is 8.76. The smallest absolute Gasteiger partial charge is 0.0616 e. The Labute approximate surface area is 85.7 Å². The van der Waals surface area contributed by atoms with Crippen LogP contribution < -0.4 is 10.6 Å². The molecule has 0 atom stereocenters. The average Bonchev–Trinajstić information content (AvgIpc) is 2.31. The first-order valence-electron chi connectivity index (χ1n) is 5.65. The van der Waals surface area contributed by atoms with Gasteiger partial charge in [0, 0.05) is 31.7 Å². The van der Waals surface area contributed by atoms with E-state index in [2.05, 4.69) is 15.5 Å². The highest BCUT2D eigenvalue weighted by atomic mass is 16.3. The van der Waals surface area contributed by atoms with Crippen molar-refractivity contribution in [2.45, 2.75) is 18.4 Å². The molecule has 4 heteroatoms. The Hall–Kier alpha value is -0.160. The molecule has 2 aliphatic heterocycles. The third kappa shape index (κ3) is 1.93. The lowest BCUT2D eigenvalue weighted by molar-refractivity contribution is -0.00149. The molecule has 2 aliphatic rings. The lowest BCUT2D eigenvalue weighted by atomic mass is 9.86. The molecule has 2 saturated heterocycles. The molecule has 2 heterocycles. The standard InChI is InChI=1S/C10H21N3O/c14-9-10(1-3-11-4-2-10)13-7-5-12-6-8-13/h11-12,14H,1-9H2. The molecule has 0 spiro atoms. The van der Waals surface area contributed by atoms with E-state index in [9.17, 15) is 5.11 Å². The number of rotatable bonds is 2. The SMILES string of the molecule is OCC1(N2CCNCC2)CCNCC1. The zero-order chi connectivity index (χ0) is 9.86. The third-order valence-electron chi connectivity index (χ3n) is 3.62. The minimum atomic E-state index is 0.0767. The molecule has 0 unspecified atom stereocenters. The van der Waals surface area contributed by atoms with Gasteiger partial charge in [0.05, 0.1) is 6.61 Å². The van der Waals surface area contributed by atoms with E-state index in [-0.39, 0.29) is 5.54 Å². The minimum absolute atomic E-state index is 0.0767. The predicted octanol–water partition coefficient (Wildman–Crippen LogP) is -0.994. The second kappa shape index (κ2) is 4.57. The van der Waals surface area contributed by atoms with Crippen LogP contribution in [0, 0.1) is 0 Å². The Bertz CT molecular complexity index is 174. The topological polar surface area (TPSA) is 47.5 Å². The number of aliphatic hydroxyl groups is 1. The average molecular weight is 199 g/mol. The third-order valence-corrected chi connectivity index (χ3v) is 3.62. The van der Waals surface area contributed by atoms with Crippen LogP contribution in [0.15, 0.2) is 0 Å². The number of piperidine rings is 1. The van der Waals surface area contributed by atoms with Crippen LogP contribution in [-0.4, -0.2) is 61.4 Å². The molecular weight excluding hydrogens is 178 g/mol. The number of hydrogen-bond donors (Lipinski definition) is 3. The van der Waals surface area contributed by atoms with E-state index in [1.165, 1.54) is 0 Å². The normalized spacial score (nSPS) is 28.9.